The van der Waals surface area contributed by atoms with Crippen LogP contribution in [-0.4, -0.2) is 137 Å². The number of aromatic nitrogens is 18. The second-order valence-electron chi connectivity index (χ2n) is 21.4. The minimum Gasteiger partial charge on any atom is -1.00 e. The first kappa shape index (κ1) is 78.9. The molecule has 0 saturated heterocycles. The maximum Gasteiger partial charge on any atom is 1.00 e. The summed E-state index contributed by atoms with van der Waals surface area (Å²) in [4.78, 5) is 49.7. The number of carbonyl (C=O) groups is 1. The van der Waals surface area contributed by atoms with Gasteiger partial charge in [-0.3, -0.25) is 24.7 Å². The van der Waals surface area contributed by atoms with Crippen LogP contribution < -0.4 is 40.6 Å². The summed E-state index contributed by atoms with van der Waals surface area (Å²) in [5, 5.41) is 61.7. The summed E-state index contributed by atoms with van der Waals surface area (Å²) in [6, 6.07) is 29.1. The molecule has 0 aliphatic heterocycles. The van der Waals surface area contributed by atoms with Crippen LogP contribution in [0.25, 0.3) is 89.4 Å². The summed E-state index contributed by atoms with van der Waals surface area (Å²) < 4.78 is 58.9. The molecule has 0 fully saturated rings. The van der Waals surface area contributed by atoms with Crippen LogP contribution in [-0.2, 0) is 13.2 Å². The molecular formula is C67H56BCl3F4N20NaO5S2. The van der Waals surface area contributed by atoms with E-state index in [2.05, 4.69) is 75.6 Å². The monoisotopic (exact) mass is 1500 g/mol. The van der Waals surface area contributed by atoms with Crippen molar-refractivity contribution in [3.8, 4) is 45.0 Å². The van der Waals surface area contributed by atoms with E-state index in [0.29, 0.717) is 107 Å². The molecule has 14 heterocycles. The van der Waals surface area contributed by atoms with E-state index in [4.69, 9.17) is 40.5 Å². The SMILES string of the molecule is Fc1cncc(-c2cc(Cl)n3nccc3n2)c1.NC[C@@H](O)c1c[nH]c2ccccc12.O=Cc1cnn2c(Cl)cc(-c3cncc(F)c3)nc12.OCc1cnn2c(Cl)cc(-c3cncc(F)c3)nc12.OCc1cnn2c(NC[C@@H](O)c3c[nH]c4ccccc34)cc(-c3cncc(F)c3)nc12.S.S.[B].[H-].[Na+]. The van der Waals surface area contributed by atoms with Crippen LogP contribution in [0.1, 0.15) is 46.2 Å². The number of anilines is 1. The van der Waals surface area contributed by atoms with Crippen molar-refractivity contribution in [2.24, 2.45) is 5.73 Å². The van der Waals surface area contributed by atoms with Gasteiger partial charge in [0.05, 0.1) is 103 Å². The maximum atomic E-state index is 13.7. The van der Waals surface area contributed by atoms with Gasteiger partial charge in [0.25, 0.3) is 0 Å². The van der Waals surface area contributed by atoms with Gasteiger partial charge in [0.15, 0.2) is 28.9 Å². The number of nitrogens with two attached hydrogens (primary N) is 1. The molecule has 3 radical (unpaired) electrons. The fraction of sp³-hybridized carbons (Fsp3) is 0.0896. The third kappa shape index (κ3) is 18.0. The molecule has 103 heavy (non-hydrogen) atoms. The maximum absolute atomic E-state index is 13.7. The van der Waals surface area contributed by atoms with E-state index in [-0.39, 0.29) is 97.8 Å². The topological polar surface area (TPSA) is 340 Å². The van der Waals surface area contributed by atoms with Crippen molar-refractivity contribution in [3.63, 3.8) is 0 Å². The van der Waals surface area contributed by atoms with Crippen LogP contribution in [0, 0.1) is 23.3 Å². The molecular weight excluding hydrogens is 1450 g/mol. The van der Waals surface area contributed by atoms with E-state index < -0.39 is 35.5 Å². The fourth-order valence-corrected chi connectivity index (χ4v) is 10.9. The second kappa shape index (κ2) is 35.9. The van der Waals surface area contributed by atoms with Gasteiger partial charge in [0, 0.05) is 155 Å². The Kier molecular flexibility index (Phi) is 27.5. The number of carbonyl (C=O) groups excluding carboxylic acids is 1. The molecule has 16 rings (SSSR count). The Bertz CT molecular complexity index is 5590. The van der Waals surface area contributed by atoms with Gasteiger partial charge in [-0.25, -0.2) is 51.0 Å². The van der Waals surface area contributed by atoms with Crippen LogP contribution in [0.3, 0.4) is 0 Å². The quantitative estimate of drug-likeness (QED) is 0.0233. The van der Waals surface area contributed by atoms with E-state index in [1.54, 1.807) is 41.2 Å². The van der Waals surface area contributed by atoms with Crippen LogP contribution in [0.2, 0.25) is 15.5 Å². The van der Waals surface area contributed by atoms with Crippen molar-refractivity contribution < 1.29 is 73.8 Å². The standard InChI is InChI=1S/C22H19FN6O2.C12H8ClFN4O.C12H6ClFN4O.C11H6ClFN4.C10H12N2O.B.Na.2H2S.H/c23-15-5-13(7-24-9-15)19-6-21(29-22(28-19)14(12-30)8-27-29)26-11-20(31)17-10-25-18-4-2-1-3-16(17)18;2*13-11-2-10(7-1-9(14)5-15-3-7)17-12-8(6-19)4-16-18(11)12;12-10-4-9(7-3-8(13)6-14-5-7)16-11-1-2-15-17(10)11;11-5-10(13)8-6-12-9-4-2-1-3-7(8)9;;;;;/h1-10,20,25-26,30-31H,11-12H2;1-5,19H,6H2;1-6H;1-6H;1-4,6,10,12-13H,5,11H2;;;2*1H2;/q;;;;;;+1;;;-1/t20-;;;;10-;;;;;/m1...1...../s1. The van der Waals surface area contributed by atoms with Gasteiger partial charge < -0.3 is 42.9 Å². The zero-order valence-electron chi connectivity index (χ0n) is 54.6. The summed E-state index contributed by atoms with van der Waals surface area (Å²) >= 11 is 18.2. The third-order valence-electron chi connectivity index (χ3n) is 14.9. The molecule has 0 unspecified atom stereocenters. The summed E-state index contributed by atoms with van der Waals surface area (Å²) in [5.41, 5.74) is 16.2. The molecule has 36 heteroatoms. The third-order valence-corrected chi connectivity index (χ3v) is 15.8. The number of fused-ring (bicyclic) bond motifs is 6. The van der Waals surface area contributed by atoms with Crippen molar-refractivity contribution in [1.29, 1.82) is 0 Å². The summed E-state index contributed by atoms with van der Waals surface area (Å²) in [7, 11) is 0. The van der Waals surface area contributed by atoms with Gasteiger partial charge >= 0.3 is 29.6 Å². The minimum atomic E-state index is -0.786. The second-order valence-corrected chi connectivity index (χ2v) is 22.6. The Morgan fingerprint density at radius 3 is 1.39 bits per heavy atom. The number of H-pyrrole nitrogens is 2. The molecule has 14 aromatic heterocycles. The first-order valence-corrected chi connectivity index (χ1v) is 30.7. The van der Waals surface area contributed by atoms with Crippen molar-refractivity contribution in [2.45, 2.75) is 25.4 Å². The number of nitrogens with one attached hydrogen (secondary N) is 3. The van der Waals surface area contributed by atoms with Crippen LogP contribution in [0.5, 0.6) is 0 Å². The number of aldehydes is 1. The number of hydrogen-bond acceptors (Lipinski definition) is 19. The molecule has 0 bridgehead atoms. The molecule has 0 amide bonds. The normalized spacial score (nSPS) is 11.3. The van der Waals surface area contributed by atoms with Gasteiger partial charge in [-0.05, 0) is 36.4 Å². The smallest absolute Gasteiger partial charge is 1.00 e. The minimum absolute atomic E-state index is 0. The molecule has 25 nitrogen and oxygen atoms in total. The number of nitrogens with zero attached hydrogens (tertiary/aromatic N) is 16. The van der Waals surface area contributed by atoms with E-state index in [9.17, 15) is 42.8 Å². The number of aliphatic hydroxyl groups is 4. The Morgan fingerprint density at radius 2 is 0.922 bits per heavy atom. The van der Waals surface area contributed by atoms with Gasteiger partial charge in [0.1, 0.15) is 44.5 Å². The molecule has 0 spiro atoms. The number of aliphatic hydroxyl groups excluding tert-OH is 4. The molecule has 0 aliphatic carbocycles. The Morgan fingerprint density at radius 1 is 0.515 bits per heavy atom. The molecule has 16 aromatic rings. The fourth-order valence-electron chi connectivity index (χ4n) is 10.2. The predicted molar refractivity (Wildman–Crippen MR) is 389 cm³/mol. The average molecular weight is 1500 g/mol. The number of hydrogen-bond donors (Lipinski definition) is 8. The van der Waals surface area contributed by atoms with E-state index in [1.807, 2.05) is 54.7 Å². The number of halogens is 7. The number of pyridine rings is 4. The van der Waals surface area contributed by atoms with Gasteiger partial charge in [-0.2, -0.15) is 51.9 Å². The molecule has 519 valence electrons. The van der Waals surface area contributed by atoms with Crippen molar-refractivity contribution in [3.05, 3.63) is 256 Å². The largest absolute Gasteiger partial charge is 1.00 e. The Hall–Kier alpha value is -9.78. The zero-order chi connectivity index (χ0) is 69.3. The van der Waals surface area contributed by atoms with Gasteiger partial charge in [-0.15, -0.1) is 0 Å². The number of benzene rings is 2. The molecule has 0 saturated carbocycles. The van der Waals surface area contributed by atoms with Crippen LogP contribution >= 0.6 is 61.8 Å². The summed E-state index contributed by atoms with van der Waals surface area (Å²) in [6.45, 7) is 0.0222. The van der Waals surface area contributed by atoms with Crippen molar-refractivity contribution >= 4 is 127 Å². The van der Waals surface area contributed by atoms with E-state index >= 15 is 0 Å². The first-order chi connectivity index (χ1) is 48.1. The summed E-state index contributed by atoms with van der Waals surface area (Å²) in [6.07, 6.45) is 19.3. The average Bonchev–Trinajstić information content (AvgIpc) is 1.61. The number of para-hydroxylation sites is 2. The number of aromatic amines is 2. The van der Waals surface area contributed by atoms with E-state index in [1.165, 1.54) is 87.3 Å². The molecule has 2 atom stereocenters. The zero-order valence-corrected chi connectivity index (χ0v) is 59.9. The number of rotatable bonds is 13. The Balaban J connectivity index is 0.000000185. The molecule has 0 aliphatic rings. The van der Waals surface area contributed by atoms with Crippen molar-refractivity contribution in [2.75, 3.05) is 18.4 Å². The molecule has 9 N–H and O–H groups in total. The summed E-state index contributed by atoms with van der Waals surface area (Å²) in [5.74, 6) is -1.26. The van der Waals surface area contributed by atoms with Crippen LogP contribution in [0.15, 0.2) is 190 Å². The van der Waals surface area contributed by atoms with Crippen LogP contribution in [0.4, 0.5) is 23.4 Å². The van der Waals surface area contributed by atoms with Gasteiger partial charge in [0.2, 0.25) is 0 Å². The Labute approximate surface area is 635 Å². The first-order valence-electron chi connectivity index (χ1n) is 29.6. The van der Waals surface area contributed by atoms with Gasteiger partial charge in [-0.1, -0.05) is 71.2 Å². The predicted octanol–water partition coefficient (Wildman–Crippen LogP) is 8.23. The van der Waals surface area contributed by atoms with E-state index in [0.717, 1.165) is 57.7 Å². The molecule has 2 aromatic carbocycles. The van der Waals surface area contributed by atoms with Crippen molar-refractivity contribution in [1.82, 2.24) is 88.3 Å².